The Bertz CT molecular complexity index is 927. The van der Waals surface area contributed by atoms with E-state index >= 15 is 0 Å². The lowest BCUT2D eigenvalue weighted by molar-refractivity contribution is -0.384. The molecule has 0 aromatic heterocycles. The van der Waals surface area contributed by atoms with Crippen molar-refractivity contribution >= 4 is 17.3 Å². The van der Waals surface area contributed by atoms with E-state index in [4.69, 9.17) is 0 Å². The number of benzene rings is 2. The maximum atomic E-state index is 14.0. The first-order valence-corrected chi connectivity index (χ1v) is 9.49. The van der Waals surface area contributed by atoms with Crippen LogP contribution in [-0.2, 0) is 6.54 Å². The number of carbonyl (C=O) groups excluding carboxylic acids is 1. The third kappa shape index (κ3) is 4.70. The highest BCUT2D eigenvalue weighted by molar-refractivity contribution is 6.00. The molecule has 1 saturated heterocycles. The van der Waals surface area contributed by atoms with Gasteiger partial charge in [0.1, 0.15) is 11.6 Å². The van der Waals surface area contributed by atoms with Crippen molar-refractivity contribution in [3.05, 3.63) is 69.3 Å². The van der Waals surface area contributed by atoms with Crippen molar-refractivity contribution < 1.29 is 18.5 Å². The SMILES string of the molecule is CC1CCN(c2ccc([N+](=O)[O-])cc2C(=O)N(C)Cc2ccc(F)cc2F)CC1. The molecule has 0 aliphatic carbocycles. The molecule has 0 saturated carbocycles. The summed E-state index contributed by atoms with van der Waals surface area (Å²) in [4.78, 5) is 27.1. The Hall–Kier alpha value is -3.03. The summed E-state index contributed by atoms with van der Waals surface area (Å²) in [6.45, 7) is 3.61. The Morgan fingerprint density at radius 3 is 2.52 bits per heavy atom. The van der Waals surface area contributed by atoms with Gasteiger partial charge in [-0.25, -0.2) is 8.78 Å². The lowest BCUT2D eigenvalue weighted by Gasteiger charge is -2.33. The zero-order valence-electron chi connectivity index (χ0n) is 16.4. The Kier molecular flexibility index (Phi) is 6.10. The van der Waals surface area contributed by atoms with Gasteiger partial charge in [-0.1, -0.05) is 13.0 Å². The standard InChI is InChI=1S/C21H23F2N3O3/c1-14-7-9-25(10-8-14)20-6-5-17(26(28)29)12-18(20)21(27)24(2)13-15-3-4-16(22)11-19(15)23/h3-6,11-12,14H,7-10,13H2,1-2H3. The van der Waals surface area contributed by atoms with E-state index in [1.165, 1.54) is 30.1 Å². The zero-order valence-corrected chi connectivity index (χ0v) is 16.4. The number of nitro groups is 1. The highest BCUT2D eigenvalue weighted by atomic mass is 19.1. The molecular formula is C21H23F2N3O3. The first-order chi connectivity index (χ1) is 13.8. The third-order valence-corrected chi connectivity index (χ3v) is 5.32. The van der Waals surface area contributed by atoms with Crippen LogP contribution in [0.1, 0.15) is 35.7 Å². The van der Waals surface area contributed by atoms with Gasteiger partial charge < -0.3 is 9.80 Å². The molecule has 2 aromatic carbocycles. The Morgan fingerprint density at radius 2 is 1.90 bits per heavy atom. The molecule has 1 aliphatic rings. The van der Waals surface area contributed by atoms with E-state index in [0.717, 1.165) is 38.1 Å². The third-order valence-electron chi connectivity index (χ3n) is 5.32. The minimum Gasteiger partial charge on any atom is -0.371 e. The van der Waals surface area contributed by atoms with Crippen LogP contribution in [0.2, 0.25) is 0 Å². The van der Waals surface area contributed by atoms with Gasteiger partial charge >= 0.3 is 0 Å². The molecule has 1 fully saturated rings. The second-order valence-electron chi connectivity index (χ2n) is 7.53. The number of hydrogen-bond acceptors (Lipinski definition) is 4. The smallest absolute Gasteiger partial charge is 0.270 e. The number of piperidine rings is 1. The van der Waals surface area contributed by atoms with E-state index in [2.05, 4.69) is 11.8 Å². The van der Waals surface area contributed by atoms with E-state index in [0.29, 0.717) is 11.6 Å². The van der Waals surface area contributed by atoms with Crippen LogP contribution in [0.15, 0.2) is 36.4 Å². The minimum absolute atomic E-state index is 0.0793. The number of non-ortho nitro benzene ring substituents is 1. The average Bonchev–Trinajstić information content (AvgIpc) is 2.69. The van der Waals surface area contributed by atoms with Crippen LogP contribution in [0.3, 0.4) is 0 Å². The van der Waals surface area contributed by atoms with Gasteiger partial charge in [-0.15, -0.1) is 0 Å². The Morgan fingerprint density at radius 1 is 1.21 bits per heavy atom. The van der Waals surface area contributed by atoms with Crippen LogP contribution in [0.25, 0.3) is 0 Å². The largest absolute Gasteiger partial charge is 0.371 e. The van der Waals surface area contributed by atoms with Crippen LogP contribution in [0.5, 0.6) is 0 Å². The molecule has 1 amide bonds. The quantitative estimate of drug-likeness (QED) is 0.549. The first-order valence-electron chi connectivity index (χ1n) is 9.49. The van der Waals surface area contributed by atoms with Crippen molar-refractivity contribution in [1.82, 2.24) is 4.90 Å². The molecule has 2 aromatic rings. The molecule has 29 heavy (non-hydrogen) atoms. The molecule has 0 radical (unpaired) electrons. The summed E-state index contributed by atoms with van der Waals surface area (Å²) in [7, 11) is 1.49. The highest BCUT2D eigenvalue weighted by Gasteiger charge is 2.25. The molecule has 0 unspecified atom stereocenters. The maximum Gasteiger partial charge on any atom is 0.270 e. The molecule has 0 N–H and O–H groups in total. The number of rotatable bonds is 5. The summed E-state index contributed by atoms with van der Waals surface area (Å²) >= 11 is 0. The summed E-state index contributed by atoms with van der Waals surface area (Å²) in [5.74, 6) is -1.30. The van der Waals surface area contributed by atoms with Crippen molar-refractivity contribution in [3.8, 4) is 0 Å². The van der Waals surface area contributed by atoms with Gasteiger partial charge in [-0.05, 0) is 30.9 Å². The maximum absolute atomic E-state index is 14.0. The van der Waals surface area contributed by atoms with E-state index in [1.807, 2.05) is 0 Å². The topological polar surface area (TPSA) is 66.7 Å². The highest BCUT2D eigenvalue weighted by Crippen LogP contribution is 2.30. The van der Waals surface area contributed by atoms with Crippen LogP contribution < -0.4 is 4.90 Å². The minimum atomic E-state index is -0.742. The summed E-state index contributed by atoms with van der Waals surface area (Å²) in [6.07, 6.45) is 1.95. The van der Waals surface area contributed by atoms with E-state index in [-0.39, 0.29) is 23.4 Å². The molecular weight excluding hydrogens is 380 g/mol. The molecule has 1 heterocycles. The number of hydrogen-bond donors (Lipinski definition) is 0. The second kappa shape index (κ2) is 8.55. The summed E-state index contributed by atoms with van der Waals surface area (Å²) in [6, 6.07) is 7.45. The molecule has 154 valence electrons. The van der Waals surface area contributed by atoms with E-state index in [1.54, 1.807) is 6.07 Å². The molecule has 8 heteroatoms. The van der Waals surface area contributed by atoms with Crippen molar-refractivity contribution in [3.63, 3.8) is 0 Å². The normalized spacial score (nSPS) is 14.7. The van der Waals surface area contributed by atoms with Gasteiger partial charge in [0.25, 0.3) is 11.6 Å². The van der Waals surface area contributed by atoms with Crippen molar-refractivity contribution in [2.24, 2.45) is 5.92 Å². The van der Waals surface area contributed by atoms with Crippen LogP contribution >= 0.6 is 0 Å². The number of nitrogens with zero attached hydrogens (tertiary/aromatic N) is 3. The zero-order chi connectivity index (χ0) is 21.1. The fraction of sp³-hybridized carbons (Fsp3) is 0.381. The molecule has 3 rings (SSSR count). The predicted octanol–water partition coefficient (Wildman–Crippen LogP) is 4.38. The van der Waals surface area contributed by atoms with Gasteiger partial charge in [-0.2, -0.15) is 0 Å². The van der Waals surface area contributed by atoms with Gasteiger partial charge in [0.15, 0.2) is 0 Å². The Labute approximate surface area is 167 Å². The van der Waals surface area contributed by atoms with Crippen LogP contribution in [-0.4, -0.2) is 35.9 Å². The molecule has 0 spiro atoms. The summed E-state index contributed by atoms with van der Waals surface area (Å²) < 4.78 is 27.1. The molecule has 6 nitrogen and oxygen atoms in total. The van der Waals surface area contributed by atoms with Crippen molar-refractivity contribution in [1.29, 1.82) is 0 Å². The van der Waals surface area contributed by atoms with Gasteiger partial charge in [0, 0.05) is 50.4 Å². The number of carbonyl (C=O) groups is 1. The summed E-state index contributed by atoms with van der Waals surface area (Å²) in [5, 5.41) is 11.2. The number of anilines is 1. The van der Waals surface area contributed by atoms with E-state index in [9.17, 15) is 23.7 Å². The fourth-order valence-electron chi connectivity index (χ4n) is 3.52. The first kappa shape index (κ1) is 20.7. The number of nitro benzene ring substituents is 1. The van der Waals surface area contributed by atoms with Gasteiger partial charge in [0.2, 0.25) is 0 Å². The summed E-state index contributed by atoms with van der Waals surface area (Å²) in [5.41, 5.74) is 0.836. The van der Waals surface area contributed by atoms with Gasteiger partial charge in [-0.3, -0.25) is 14.9 Å². The number of halogens is 2. The lowest BCUT2D eigenvalue weighted by Crippen LogP contribution is -2.35. The molecule has 0 bridgehead atoms. The van der Waals surface area contributed by atoms with Gasteiger partial charge in [0.05, 0.1) is 16.2 Å². The lowest BCUT2D eigenvalue weighted by atomic mass is 9.97. The van der Waals surface area contributed by atoms with Crippen molar-refractivity contribution in [2.75, 3.05) is 25.0 Å². The molecule has 0 atom stereocenters. The average molecular weight is 403 g/mol. The second-order valence-corrected chi connectivity index (χ2v) is 7.53. The number of amides is 1. The molecule has 1 aliphatic heterocycles. The van der Waals surface area contributed by atoms with Crippen LogP contribution in [0, 0.1) is 27.7 Å². The fourth-order valence-corrected chi connectivity index (χ4v) is 3.52. The monoisotopic (exact) mass is 403 g/mol. The van der Waals surface area contributed by atoms with Crippen molar-refractivity contribution in [2.45, 2.75) is 26.3 Å². The predicted molar refractivity (Wildman–Crippen MR) is 106 cm³/mol. The van der Waals surface area contributed by atoms with E-state index < -0.39 is 22.5 Å². The Balaban J connectivity index is 1.90. The van der Waals surface area contributed by atoms with Crippen LogP contribution in [0.4, 0.5) is 20.2 Å².